The van der Waals surface area contributed by atoms with Crippen LogP contribution in [0.1, 0.15) is 26.2 Å². The fraction of sp³-hybridized carbons (Fsp3) is 1.00. The van der Waals surface area contributed by atoms with E-state index >= 15 is 0 Å². The van der Waals surface area contributed by atoms with Crippen LogP contribution >= 0.6 is 0 Å². The third-order valence-corrected chi connectivity index (χ3v) is 1.78. The lowest BCUT2D eigenvalue weighted by Gasteiger charge is -2.04. The molecule has 3 nitrogen and oxygen atoms in total. The van der Waals surface area contributed by atoms with Gasteiger partial charge in [-0.05, 0) is 45.9 Å². The second-order valence-electron chi connectivity index (χ2n) is 3.17. The molecule has 0 aromatic rings. The van der Waals surface area contributed by atoms with Gasteiger partial charge in [0.15, 0.2) is 0 Å². The highest BCUT2D eigenvalue weighted by Crippen LogP contribution is 1.84. The van der Waals surface area contributed by atoms with Gasteiger partial charge >= 0.3 is 0 Å². The first-order valence-electron chi connectivity index (χ1n) is 5.35. The quantitative estimate of drug-likeness (QED) is 0.502. The molecule has 3 heteroatoms. The molecule has 0 spiro atoms. The summed E-state index contributed by atoms with van der Waals surface area (Å²) in [5.74, 6) is 0. The Hall–Kier alpha value is -0.120. The van der Waals surface area contributed by atoms with Gasteiger partial charge in [-0.25, -0.2) is 0 Å². The number of rotatable bonds is 10. The van der Waals surface area contributed by atoms with Crippen molar-refractivity contribution in [1.82, 2.24) is 10.6 Å². The van der Waals surface area contributed by atoms with E-state index in [2.05, 4.69) is 17.6 Å². The van der Waals surface area contributed by atoms with Crippen molar-refractivity contribution in [3.05, 3.63) is 0 Å². The normalized spacial score (nSPS) is 10.6. The molecule has 0 bridgehead atoms. The van der Waals surface area contributed by atoms with Gasteiger partial charge in [0, 0.05) is 13.2 Å². The van der Waals surface area contributed by atoms with Crippen molar-refractivity contribution in [3.63, 3.8) is 0 Å². The topological polar surface area (TPSA) is 33.3 Å². The molecule has 0 aliphatic carbocycles. The average Bonchev–Trinajstić information content (AvgIpc) is 2.16. The summed E-state index contributed by atoms with van der Waals surface area (Å²) in [6, 6.07) is 0. The zero-order chi connectivity index (χ0) is 9.78. The molecule has 0 atom stereocenters. The standard InChI is InChI=1S/C10H24N2O/c1-3-6-12-8-5-10-13-9-4-7-11-2/h11-12H,3-10H2,1-2H3. The van der Waals surface area contributed by atoms with Gasteiger partial charge in [-0.2, -0.15) is 0 Å². The summed E-state index contributed by atoms with van der Waals surface area (Å²) in [5, 5.41) is 6.44. The Kier molecular flexibility index (Phi) is 11.8. The third kappa shape index (κ3) is 11.9. The largest absolute Gasteiger partial charge is 0.381 e. The Bertz CT molecular complexity index is 79.0. The molecule has 2 N–H and O–H groups in total. The fourth-order valence-corrected chi connectivity index (χ4v) is 1.05. The van der Waals surface area contributed by atoms with E-state index in [1.54, 1.807) is 0 Å². The van der Waals surface area contributed by atoms with Crippen LogP contribution in [0.15, 0.2) is 0 Å². The van der Waals surface area contributed by atoms with E-state index in [0.717, 1.165) is 45.7 Å². The molecule has 0 rings (SSSR count). The lowest BCUT2D eigenvalue weighted by atomic mass is 10.4. The Morgan fingerprint density at radius 1 is 1.00 bits per heavy atom. The van der Waals surface area contributed by atoms with Gasteiger partial charge < -0.3 is 15.4 Å². The van der Waals surface area contributed by atoms with Gasteiger partial charge in [-0.15, -0.1) is 0 Å². The molecular formula is C10H24N2O. The second-order valence-corrected chi connectivity index (χ2v) is 3.17. The molecule has 0 aromatic heterocycles. The maximum absolute atomic E-state index is 5.44. The molecule has 0 amide bonds. The Labute approximate surface area is 82.2 Å². The van der Waals surface area contributed by atoms with Crippen molar-refractivity contribution in [2.45, 2.75) is 26.2 Å². The zero-order valence-electron chi connectivity index (χ0n) is 9.07. The van der Waals surface area contributed by atoms with E-state index in [1.807, 2.05) is 7.05 Å². The molecule has 0 aliphatic rings. The summed E-state index contributed by atoms with van der Waals surface area (Å²) in [6.07, 6.45) is 3.45. The molecular weight excluding hydrogens is 164 g/mol. The summed E-state index contributed by atoms with van der Waals surface area (Å²) in [7, 11) is 1.97. The van der Waals surface area contributed by atoms with Crippen molar-refractivity contribution in [3.8, 4) is 0 Å². The summed E-state index contributed by atoms with van der Waals surface area (Å²) in [4.78, 5) is 0. The monoisotopic (exact) mass is 188 g/mol. The van der Waals surface area contributed by atoms with Crippen molar-refractivity contribution in [2.24, 2.45) is 0 Å². The number of hydrogen-bond donors (Lipinski definition) is 2. The molecule has 0 aromatic carbocycles. The second kappa shape index (κ2) is 11.9. The van der Waals surface area contributed by atoms with Gasteiger partial charge in [0.1, 0.15) is 0 Å². The molecule has 0 heterocycles. The molecule has 0 saturated heterocycles. The van der Waals surface area contributed by atoms with E-state index in [4.69, 9.17) is 4.74 Å². The minimum atomic E-state index is 0.884. The van der Waals surface area contributed by atoms with Crippen LogP contribution in [0, 0.1) is 0 Å². The van der Waals surface area contributed by atoms with Crippen molar-refractivity contribution in [2.75, 3.05) is 39.9 Å². The van der Waals surface area contributed by atoms with E-state index in [1.165, 1.54) is 6.42 Å². The lowest BCUT2D eigenvalue weighted by Crippen LogP contribution is -2.18. The highest BCUT2D eigenvalue weighted by Gasteiger charge is 1.89. The molecule has 0 radical (unpaired) electrons. The lowest BCUT2D eigenvalue weighted by molar-refractivity contribution is 0.129. The summed E-state index contributed by atoms with van der Waals surface area (Å²) >= 11 is 0. The maximum atomic E-state index is 5.44. The van der Waals surface area contributed by atoms with Crippen molar-refractivity contribution < 1.29 is 4.74 Å². The summed E-state index contributed by atoms with van der Waals surface area (Å²) < 4.78 is 5.44. The minimum Gasteiger partial charge on any atom is -0.381 e. The molecule has 0 aliphatic heterocycles. The smallest absolute Gasteiger partial charge is 0.0478 e. The minimum absolute atomic E-state index is 0.884. The molecule has 0 saturated carbocycles. The zero-order valence-corrected chi connectivity index (χ0v) is 9.07. The van der Waals surface area contributed by atoms with Crippen LogP contribution in [-0.2, 0) is 4.74 Å². The van der Waals surface area contributed by atoms with Crippen LogP contribution in [0.4, 0.5) is 0 Å². The summed E-state index contributed by atoms with van der Waals surface area (Å²) in [5.41, 5.74) is 0. The van der Waals surface area contributed by atoms with E-state index in [-0.39, 0.29) is 0 Å². The predicted octanol–water partition coefficient (Wildman–Crippen LogP) is 1.00. The van der Waals surface area contributed by atoms with Gasteiger partial charge in [0.2, 0.25) is 0 Å². The first-order chi connectivity index (χ1) is 6.41. The van der Waals surface area contributed by atoms with Gasteiger partial charge in [-0.1, -0.05) is 6.92 Å². The number of ether oxygens (including phenoxy) is 1. The first-order valence-corrected chi connectivity index (χ1v) is 5.35. The van der Waals surface area contributed by atoms with Gasteiger partial charge in [0.05, 0.1) is 0 Å². The predicted molar refractivity (Wildman–Crippen MR) is 57.1 cm³/mol. The van der Waals surface area contributed by atoms with Crippen LogP contribution < -0.4 is 10.6 Å². The van der Waals surface area contributed by atoms with Crippen LogP contribution in [0.2, 0.25) is 0 Å². The van der Waals surface area contributed by atoms with Gasteiger partial charge in [0.25, 0.3) is 0 Å². The number of nitrogens with one attached hydrogen (secondary N) is 2. The fourth-order valence-electron chi connectivity index (χ4n) is 1.05. The highest BCUT2D eigenvalue weighted by molar-refractivity contribution is 4.46. The van der Waals surface area contributed by atoms with Crippen molar-refractivity contribution >= 4 is 0 Å². The molecule has 0 unspecified atom stereocenters. The first kappa shape index (κ1) is 12.9. The average molecular weight is 188 g/mol. The Morgan fingerprint density at radius 3 is 2.31 bits per heavy atom. The third-order valence-electron chi connectivity index (χ3n) is 1.78. The molecule has 80 valence electrons. The molecule has 0 fully saturated rings. The van der Waals surface area contributed by atoms with Crippen molar-refractivity contribution in [1.29, 1.82) is 0 Å². The van der Waals surface area contributed by atoms with E-state index < -0.39 is 0 Å². The van der Waals surface area contributed by atoms with Gasteiger partial charge in [-0.3, -0.25) is 0 Å². The van der Waals surface area contributed by atoms with Crippen LogP contribution in [0.5, 0.6) is 0 Å². The van der Waals surface area contributed by atoms with Crippen LogP contribution in [0.3, 0.4) is 0 Å². The maximum Gasteiger partial charge on any atom is 0.0478 e. The van der Waals surface area contributed by atoms with E-state index in [0.29, 0.717) is 0 Å². The number of hydrogen-bond acceptors (Lipinski definition) is 3. The van der Waals surface area contributed by atoms with E-state index in [9.17, 15) is 0 Å². The SMILES string of the molecule is CCCNCCCOCCCNC. The summed E-state index contributed by atoms with van der Waals surface area (Å²) in [6.45, 7) is 7.21. The molecule has 13 heavy (non-hydrogen) atoms. The Balaban J connectivity index is 2.76. The van der Waals surface area contributed by atoms with Crippen LogP contribution in [-0.4, -0.2) is 39.9 Å². The Morgan fingerprint density at radius 2 is 1.69 bits per heavy atom. The van der Waals surface area contributed by atoms with Crippen LogP contribution in [0.25, 0.3) is 0 Å². The highest BCUT2D eigenvalue weighted by atomic mass is 16.5.